The normalized spacial score (nSPS) is 23.6. The van der Waals surface area contributed by atoms with Crippen LogP contribution in [0.3, 0.4) is 0 Å². The molecule has 0 bridgehead atoms. The summed E-state index contributed by atoms with van der Waals surface area (Å²) >= 11 is 0. The summed E-state index contributed by atoms with van der Waals surface area (Å²) in [4.78, 5) is 11.1. The first-order valence-electron chi connectivity index (χ1n) is 6.15. The van der Waals surface area contributed by atoms with Gasteiger partial charge in [-0.1, -0.05) is 20.8 Å². The quantitative estimate of drug-likeness (QED) is 0.621. The van der Waals surface area contributed by atoms with Gasteiger partial charge in [0.25, 0.3) is 0 Å². The largest absolute Gasteiger partial charge is 0.460 e. The Morgan fingerprint density at radius 3 is 2.47 bits per heavy atom. The lowest BCUT2D eigenvalue weighted by Gasteiger charge is -2.39. The molecule has 0 unspecified atom stereocenters. The van der Waals surface area contributed by atoms with E-state index in [0.29, 0.717) is 12.8 Å². The summed E-state index contributed by atoms with van der Waals surface area (Å²) in [5.41, 5.74) is 0. The highest BCUT2D eigenvalue weighted by Crippen LogP contribution is 2.38. The van der Waals surface area contributed by atoms with E-state index in [1.54, 1.807) is 0 Å². The molecule has 0 radical (unpaired) electrons. The molecule has 0 aromatic rings. The molecule has 0 spiro atoms. The predicted molar refractivity (Wildman–Crippen MR) is 68.3 cm³/mol. The van der Waals surface area contributed by atoms with Crippen molar-refractivity contribution in [1.82, 2.24) is 0 Å². The summed E-state index contributed by atoms with van der Waals surface area (Å²) in [6.07, 6.45) is 0.435. The van der Waals surface area contributed by atoms with Crippen molar-refractivity contribution in [2.75, 3.05) is 6.61 Å². The van der Waals surface area contributed by atoms with Gasteiger partial charge in [-0.3, -0.25) is 4.79 Å². The fraction of sp³-hybridized carbons (Fsp3) is 0.917. The van der Waals surface area contributed by atoms with Crippen molar-refractivity contribution in [2.45, 2.75) is 64.0 Å². The molecule has 1 aliphatic rings. The minimum absolute atomic E-state index is 0.0863. The van der Waals surface area contributed by atoms with Crippen LogP contribution in [0, 0.1) is 0 Å². The molecule has 0 aromatic carbocycles. The lowest BCUT2D eigenvalue weighted by molar-refractivity contribution is -0.145. The second kappa shape index (κ2) is 5.08. The molecule has 1 fully saturated rings. The molecular weight excluding hydrogens is 236 g/mol. The topological polar surface area (TPSA) is 55.8 Å². The summed E-state index contributed by atoms with van der Waals surface area (Å²) < 4.78 is 11.3. The maximum Gasteiger partial charge on any atom is 0.306 e. The van der Waals surface area contributed by atoms with E-state index >= 15 is 0 Å². The third kappa shape index (κ3) is 3.53. The van der Waals surface area contributed by atoms with Gasteiger partial charge in [-0.15, -0.1) is 0 Å². The molecule has 4 nitrogen and oxygen atoms in total. The third-order valence-electron chi connectivity index (χ3n) is 3.76. The molecular formula is C12H24O4Si. The number of aliphatic hydroxyl groups is 1. The smallest absolute Gasteiger partial charge is 0.306 e. The van der Waals surface area contributed by atoms with Crippen molar-refractivity contribution >= 4 is 14.3 Å². The van der Waals surface area contributed by atoms with Gasteiger partial charge in [-0.05, 0) is 24.6 Å². The Morgan fingerprint density at radius 2 is 2.12 bits per heavy atom. The van der Waals surface area contributed by atoms with Crippen molar-refractivity contribution in [2.24, 2.45) is 0 Å². The van der Waals surface area contributed by atoms with Gasteiger partial charge in [0.1, 0.15) is 12.2 Å². The number of rotatable bonds is 4. The van der Waals surface area contributed by atoms with Gasteiger partial charge >= 0.3 is 5.97 Å². The molecule has 1 aliphatic heterocycles. The molecule has 100 valence electrons. The van der Waals surface area contributed by atoms with Gasteiger partial charge in [0.15, 0.2) is 8.32 Å². The van der Waals surface area contributed by atoms with Crippen LogP contribution in [0.15, 0.2) is 0 Å². The van der Waals surface area contributed by atoms with E-state index in [0.717, 1.165) is 0 Å². The Bertz CT molecular complexity index is 283. The van der Waals surface area contributed by atoms with Crippen molar-refractivity contribution in [3.8, 4) is 0 Å². The summed E-state index contributed by atoms with van der Waals surface area (Å²) in [5.74, 6) is -0.188. The Labute approximate surface area is 104 Å². The molecule has 0 aliphatic carbocycles. The number of hydrogen-bond acceptors (Lipinski definition) is 4. The van der Waals surface area contributed by atoms with Crippen LogP contribution in [0.5, 0.6) is 0 Å². The second-order valence-corrected chi connectivity index (χ2v) is 10.9. The Balaban J connectivity index is 2.67. The van der Waals surface area contributed by atoms with Gasteiger partial charge in [-0.2, -0.15) is 0 Å². The minimum atomic E-state index is -1.93. The summed E-state index contributed by atoms with van der Waals surface area (Å²) in [7, 11) is -1.93. The number of carbonyl (C=O) groups excluding carboxylic acids is 1. The number of hydrogen-bond donors (Lipinski definition) is 1. The Kier molecular flexibility index (Phi) is 4.38. The highest BCUT2D eigenvalue weighted by atomic mass is 28.4. The average molecular weight is 260 g/mol. The second-order valence-electron chi connectivity index (χ2n) is 6.17. The first kappa shape index (κ1) is 14.7. The van der Waals surface area contributed by atoms with Crippen molar-refractivity contribution < 1.29 is 19.1 Å². The zero-order valence-electron chi connectivity index (χ0n) is 11.4. The molecule has 2 atom stereocenters. The van der Waals surface area contributed by atoms with E-state index in [4.69, 9.17) is 9.16 Å². The van der Waals surface area contributed by atoms with Crippen LogP contribution >= 0.6 is 0 Å². The summed E-state index contributed by atoms with van der Waals surface area (Å²) in [6.45, 7) is 10.6. The molecule has 1 heterocycles. The van der Waals surface area contributed by atoms with Crippen LogP contribution in [-0.2, 0) is 14.0 Å². The Hall–Kier alpha value is -0.393. The maximum absolute atomic E-state index is 11.1. The highest BCUT2D eigenvalue weighted by molar-refractivity contribution is 6.74. The zero-order valence-corrected chi connectivity index (χ0v) is 12.4. The molecule has 1 saturated heterocycles. The zero-order chi connectivity index (χ0) is 13.3. The first-order chi connectivity index (χ1) is 7.67. The van der Waals surface area contributed by atoms with E-state index in [1.165, 1.54) is 0 Å². The van der Waals surface area contributed by atoms with E-state index in [1.807, 2.05) is 0 Å². The monoisotopic (exact) mass is 260 g/mol. The van der Waals surface area contributed by atoms with Gasteiger partial charge in [-0.25, -0.2) is 0 Å². The molecule has 0 aromatic heterocycles. The van der Waals surface area contributed by atoms with Crippen LogP contribution in [0.25, 0.3) is 0 Å². The average Bonchev–Trinajstić information content (AvgIpc) is 2.59. The molecule has 5 heteroatoms. The lowest BCUT2D eigenvalue weighted by Crippen LogP contribution is -2.48. The number of esters is 1. The van der Waals surface area contributed by atoms with Gasteiger partial charge in [0, 0.05) is 6.42 Å². The SMILES string of the molecule is CC(C)(C)[Si](C)(C)O[C@H](CO)[C@H]1CCC(=O)O1. The number of ether oxygens (including phenoxy) is 1. The van der Waals surface area contributed by atoms with E-state index in [2.05, 4.69) is 33.9 Å². The standard InChI is InChI=1S/C12H24O4Si/c1-12(2,3)17(4,5)16-10(8-13)9-6-7-11(14)15-9/h9-10,13H,6-8H2,1-5H3/t9-,10-/m1/s1. The van der Waals surface area contributed by atoms with E-state index in [-0.39, 0.29) is 29.8 Å². The van der Waals surface area contributed by atoms with Crippen LogP contribution in [0.4, 0.5) is 0 Å². The minimum Gasteiger partial charge on any atom is -0.460 e. The van der Waals surface area contributed by atoms with E-state index in [9.17, 15) is 9.90 Å². The molecule has 1 N–H and O–H groups in total. The van der Waals surface area contributed by atoms with Crippen molar-refractivity contribution in [3.63, 3.8) is 0 Å². The predicted octanol–water partition coefficient (Wildman–Crippen LogP) is 2.07. The number of cyclic esters (lactones) is 1. The number of aliphatic hydroxyl groups excluding tert-OH is 1. The lowest BCUT2D eigenvalue weighted by atomic mass is 10.1. The summed E-state index contributed by atoms with van der Waals surface area (Å²) in [6, 6.07) is 0. The van der Waals surface area contributed by atoms with Crippen LogP contribution < -0.4 is 0 Å². The molecule has 0 amide bonds. The third-order valence-corrected chi connectivity index (χ3v) is 8.27. The van der Waals surface area contributed by atoms with Crippen LogP contribution in [-0.4, -0.2) is 38.2 Å². The fourth-order valence-corrected chi connectivity index (χ4v) is 2.93. The van der Waals surface area contributed by atoms with Gasteiger partial charge in [0.2, 0.25) is 0 Å². The Morgan fingerprint density at radius 1 is 1.53 bits per heavy atom. The number of carbonyl (C=O) groups is 1. The van der Waals surface area contributed by atoms with Gasteiger partial charge in [0.05, 0.1) is 6.61 Å². The molecule has 17 heavy (non-hydrogen) atoms. The molecule has 0 saturated carbocycles. The first-order valence-corrected chi connectivity index (χ1v) is 9.06. The molecule has 1 rings (SSSR count). The van der Waals surface area contributed by atoms with Gasteiger partial charge < -0.3 is 14.3 Å². The maximum atomic E-state index is 11.1. The van der Waals surface area contributed by atoms with Crippen molar-refractivity contribution in [3.05, 3.63) is 0 Å². The van der Waals surface area contributed by atoms with E-state index < -0.39 is 8.32 Å². The highest BCUT2D eigenvalue weighted by Gasteiger charge is 2.42. The van der Waals surface area contributed by atoms with Crippen molar-refractivity contribution in [1.29, 1.82) is 0 Å². The fourth-order valence-electron chi connectivity index (χ4n) is 1.59. The van der Waals surface area contributed by atoms with Crippen LogP contribution in [0.1, 0.15) is 33.6 Å². The van der Waals surface area contributed by atoms with Crippen LogP contribution in [0.2, 0.25) is 18.1 Å². The summed E-state index contributed by atoms with van der Waals surface area (Å²) in [5, 5.41) is 9.49.